The van der Waals surface area contributed by atoms with Crippen LogP contribution in [0.4, 0.5) is 0 Å². The van der Waals surface area contributed by atoms with Crippen LogP contribution in [0.3, 0.4) is 0 Å². The monoisotopic (exact) mass is 363 g/mol. The lowest BCUT2D eigenvalue weighted by atomic mass is 10.0. The summed E-state index contributed by atoms with van der Waals surface area (Å²) in [5.41, 5.74) is 7.11. The van der Waals surface area contributed by atoms with E-state index in [1.54, 1.807) is 7.11 Å². The number of rotatable bonds is 6. The number of benzene rings is 1. The molecule has 0 amide bonds. The van der Waals surface area contributed by atoms with Crippen molar-refractivity contribution in [3.63, 3.8) is 0 Å². The molecular formula is C13H18INO3. The molecule has 1 aromatic carbocycles. The molecule has 5 heteroatoms. The summed E-state index contributed by atoms with van der Waals surface area (Å²) in [5, 5.41) is 0. The maximum Gasteiger partial charge on any atom is 0.305 e. The minimum atomic E-state index is -0.197. The van der Waals surface area contributed by atoms with Gasteiger partial charge in [0.25, 0.3) is 0 Å². The molecule has 100 valence electrons. The first-order chi connectivity index (χ1) is 8.58. The molecule has 0 spiro atoms. The van der Waals surface area contributed by atoms with Gasteiger partial charge in [0.1, 0.15) is 5.75 Å². The Morgan fingerprint density at radius 2 is 2.17 bits per heavy atom. The molecule has 0 saturated carbocycles. The fraction of sp³-hybridized carbons (Fsp3) is 0.462. The predicted molar refractivity (Wildman–Crippen MR) is 78.5 cm³/mol. The van der Waals surface area contributed by atoms with Crippen LogP contribution in [0.15, 0.2) is 18.2 Å². The third-order valence-corrected chi connectivity index (χ3v) is 3.39. The standard InChI is InChI=1S/C13H18INO3/c1-17-12-7-6-9(14)8-10(12)11(15)4-3-5-13(16)18-2/h6-8,11H,3-5,15H2,1-2H3. The molecule has 1 unspecified atom stereocenters. The summed E-state index contributed by atoms with van der Waals surface area (Å²) < 4.78 is 11.0. The fourth-order valence-corrected chi connectivity index (χ4v) is 2.23. The summed E-state index contributed by atoms with van der Waals surface area (Å²) in [5.74, 6) is 0.595. The SMILES string of the molecule is COC(=O)CCCC(N)c1cc(I)ccc1OC. The number of carbonyl (C=O) groups excluding carboxylic acids is 1. The molecule has 0 radical (unpaired) electrons. The number of halogens is 1. The molecule has 0 aliphatic carbocycles. The van der Waals surface area contributed by atoms with Crippen molar-refractivity contribution in [2.75, 3.05) is 14.2 Å². The van der Waals surface area contributed by atoms with Crippen molar-refractivity contribution in [3.8, 4) is 5.75 Å². The first-order valence-electron chi connectivity index (χ1n) is 5.74. The van der Waals surface area contributed by atoms with Crippen LogP contribution >= 0.6 is 22.6 Å². The molecule has 0 aromatic heterocycles. The van der Waals surface area contributed by atoms with Gasteiger partial charge in [0.05, 0.1) is 14.2 Å². The van der Waals surface area contributed by atoms with Crippen molar-refractivity contribution < 1.29 is 14.3 Å². The van der Waals surface area contributed by atoms with Gasteiger partial charge >= 0.3 is 5.97 Å². The van der Waals surface area contributed by atoms with Crippen LogP contribution in [-0.2, 0) is 9.53 Å². The smallest absolute Gasteiger partial charge is 0.305 e. The minimum absolute atomic E-state index is 0.126. The fourth-order valence-electron chi connectivity index (χ4n) is 1.72. The number of carbonyl (C=O) groups is 1. The lowest BCUT2D eigenvalue weighted by Gasteiger charge is -2.15. The van der Waals surface area contributed by atoms with Crippen LogP contribution in [-0.4, -0.2) is 20.2 Å². The number of methoxy groups -OCH3 is 2. The third kappa shape index (κ3) is 4.45. The molecule has 18 heavy (non-hydrogen) atoms. The summed E-state index contributed by atoms with van der Waals surface area (Å²) in [6.45, 7) is 0. The predicted octanol–water partition coefficient (Wildman–Crippen LogP) is 2.64. The van der Waals surface area contributed by atoms with Crippen LogP contribution in [0.5, 0.6) is 5.75 Å². The third-order valence-electron chi connectivity index (χ3n) is 2.71. The first kappa shape index (κ1) is 15.2. The number of ether oxygens (including phenoxy) is 2. The average Bonchev–Trinajstić information content (AvgIpc) is 2.38. The van der Waals surface area contributed by atoms with Gasteiger partial charge in [0, 0.05) is 21.6 Å². The van der Waals surface area contributed by atoms with Gasteiger partial charge in [0.2, 0.25) is 0 Å². The number of hydrogen-bond acceptors (Lipinski definition) is 4. The molecule has 0 aliphatic heterocycles. The Hall–Kier alpha value is -0.820. The van der Waals surface area contributed by atoms with Crippen LogP contribution in [0.25, 0.3) is 0 Å². The van der Waals surface area contributed by atoms with Crippen molar-refractivity contribution in [1.29, 1.82) is 0 Å². The molecule has 1 aromatic rings. The van der Waals surface area contributed by atoms with Crippen molar-refractivity contribution in [2.45, 2.75) is 25.3 Å². The van der Waals surface area contributed by atoms with E-state index in [4.69, 9.17) is 10.5 Å². The molecule has 0 aliphatic rings. The highest BCUT2D eigenvalue weighted by Crippen LogP contribution is 2.28. The molecule has 2 N–H and O–H groups in total. The summed E-state index contributed by atoms with van der Waals surface area (Å²) >= 11 is 2.24. The molecule has 4 nitrogen and oxygen atoms in total. The maximum atomic E-state index is 11.0. The zero-order chi connectivity index (χ0) is 13.5. The zero-order valence-electron chi connectivity index (χ0n) is 10.6. The number of hydrogen-bond donors (Lipinski definition) is 1. The van der Waals surface area contributed by atoms with Crippen LogP contribution in [0.2, 0.25) is 0 Å². The molecular weight excluding hydrogens is 345 g/mol. The Balaban J connectivity index is 2.62. The van der Waals surface area contributed by atoms with Crippen LogP contribution < -0.4 is 10.5 Å². The van der Waals surface area contributed by atoms with Gasteiger partial charge in [-0.2, -0.15) is 0 Å². The quantitative estimate of drug-likeness (QED) is 0.624. The second-order valence-corrected chi connectivity index (χ2v) is 5.21. The number of esters is 1. The second kappa shape index (κ2) is 7.58. The summed E-state index contributed by atoms with van der Waals surface area (Å²) in [6.07, 6.45) is 1.84. The Bertz CT molecular complexity index is 409. The average molecular weight is 363 g/mol. The topological polar surface area (TPSA) is 61.5 Å². The minimum Gasteiger partial charge on any atom is -0.496 e. The van der Waals surface area contributed by atoms with Crippen LogP contribution in [0, 0.1) is 3.57 Å². The molecule has 0 fully saturated rings. The Labute approximate surface area is 121 Å². The van der Waals surface area contributed by atoms with Crippen molar-refractivity contribution in [3.05, 3.63) is 27.3 Å². The number of nitrogens with two attached hydrogens (primary N) is 1. The van der Waals surface area contributed by atoms with E-state index in [1.807, 2.05) is 18.2 Å². The molecule has 0 heterocycles. The summed E-state index contributed by atoms with van der Waals surface area (Å²) in [4.78, 5) is 11.0. The Morgan fingerprint density at radius 1 is 1.44 bits per heavy atom. The van der Waals surface area contributed by atoms with Crippen molar-refractivity contribution >= 4 is 28.6 Å². The van der Waals surface area contributed by atoms with Gasteiger partial charge in [-0.3, -0.25) is 4.79 Å². The zero-order valence-corrected chi connectivity index (χ0v) is 12.8. The van der Waals surface area contributed by atoms with E-state index in [-0.39, 0.29) is 12.0 Å². The van der Waals surface area contributed by atoms with Gasteiger partial charge in [0.15, 0.2) is 0 Å². The highest BCUT2D eigenvalue weighted by atomic mass is 127. The Kier molecular flexibility index (Phi) is 6.42. The van der Waals surface area contributed by atoms with Gasteiger partial charge in [-0.05, 0) is 53.6 Å². The van der Waals surface area contributed by atoms with E-state index in [0.717, 1.165) is 21.3 Å². The second-order valence-electron chi connectivity index (χ2n) is 3.96. The molecule has 0 saturated heterocycles. The van der Waals surface area contributed by atoms with Crippen molar-refractivity contribution in [1.82, 2.24) is 0 Å². The molecule has 0 bridgehead atoms. The lowest BCUT2D eigenvalue weighted by molar-refractivity contribution is -0.140. The van der Waals surface area contributed by atoms with E-state index < -0.39 is 0 Å². The van der Waals surface area contributed by atoms with E-state index in [1.165, 1.54) is 7.11 Å². The molecule has 1 rings (SSSR count). The van der Waals surface area contributed by atoms with Gasteiger partial charge in [-0.25, -0.2) is 0 Å². The van der Waals surface area contributed by atoms with Gasteiger partial charge in [-0.15, -0.1) is 0 Å². The van der Waals surface area contributed by atoms with E-state index in [0.29, 0.717) is 12.8 Å². The van der Waals surface area contributed by atoms with Crippen molar-refractivity contribution in [2.24, 2.45) is 5.73 Å². The lowest BCUT2D eigenvalue weighted by Crippen LogP contribution is -2.12. The normalized spacial score (nSPS) is 12.0. The molecule has 1 atom stereocenters. The van der Waals surface area contributed by atoms with Gasteiger partial charge in [-0.1, -0.05) is 0 Å². The largest absolute Gasteiger partial charge is 0.496 e. The highest BCUT2D eigenvalue weighted by Gasteiger charge is 2.13. The first-order valence-corrected chi connectivity index (χ1v) is 6.82. The van der Waals surface area contributed by atoms with Crippen LogP contribution in [0.1, 0.15) is 30.9 Å². The van der Waals surface area contributed by atoms with E-state index in [9.17, 15) is 4.79 Å². The maximum absolute atomic E-state index is 11.0. The van der Waals surface area contributed by atoms with E-state index in [2.05, 4.69) is 27.3 Å². The Morgan fingerprint density at radius 3 is 2.78 bits per heavy atom. The highest BCUT2D eigenvalue weighted by molar-refractivity contribution is 14.1. The van der Waals surface area contributed by atoms with E-state index >= 15 is 0 Å². The summed E-state index contributed by atoms with van der Waals surface area (Å²) in [7, 11) is 3.03. The van der Waals surface area contributed by atoms with Gasteiger partial charge < -0.3 is 15.2 Å². The summed E-state index contributed by atoms with van der Waals surface area (Å²) in [6, 6.07) is 5.78.